The highest BCUT2D eigenvalue weighted by Crippen LogP contribution is 2.33. The van der Waals surface area contributed by atoms with Crippen LogP contribution >= 0.6 is 47.8 Å². The standard InChI is InChI=1S/C15H6Br2N2O6.C7H8N2O2.C4HBrO3/c16-9-4-11(20)18(13(9)22)7-1-6(15(24)25)2-8(3-7)19-12(21)5-10(17)14(19)23;8-5-1-4(7(10)11)2-6(9)3-5;5-2-1-3(6)8-4(2)7/h1-5H,(H,24,25);1-3H,8-9H2,(H,10,11);1H. The van der Waals surface area contributed by atoms with Crippen molar-refractivity contribution in [2.24, 2.45) is 0 Å². The summed E-state index contributed by atoms with van der Waals surface area (Å²) in [4.78, 5) is 91.7. The van der Waals surface area contributed by atoms with Crippen molar-refractivity contribution in [3.05, 3.63) is 79.2 Å². The number of carbonyl (C=O) groups is 8. The predicted molar refractivity (Wildman–Crippen MR) is 163 cm³/mol. The normalized spacial score (nSPS) is 15.6. The van der Waals surface area contributed by atoms with Gasteiger partial charge in [0.25, 0.3) is 23.6 Å². The van der Waals surface area contributed by atoms with Crippen LogP contribution in [0.15, 0.2) is 68.1 Å². The van der Waals surface area contributed by atoms with E-state index in [2.05, 4.69) is 52.5 Å². The van der Waals surface area contributed by atoms with E-state index < -0.39 is 47.5 Å². The molecular formula is C26H15Br3N4O11. The molecule has 0 saturated heterocycles. The first-order valence-electron chi connectivity index (χ1n) is 11.4. The van der Waals surface area contributed by atoms with Gasteiger partial charge >= 0.3 is 23.9 Å². The fourth-order valence-corrected chi connectivity index (χ4v) is 4.50. The van der Waals surface area contributed by atoms with Gasteiger partial charge in [0, 0.05) is 29.6 Å². The molecule has 0 aliphatic carbocycles. The van der Waals surface area contributed by atoms with Gasteiger partial charge in [-0.1, -0.05) is 0 Å². The fraction of sp³-hybridized carbons (Fsp3) is 0. The number of nitrogen functional groups attached to an aromatic ring is 2. The number of halogens is 3. The van der Waals surface area contributed by atoms with Crippen molar-refractivity contribution in [3.63, 3.8) is 0 Å². The number of rotatable bonds is 4. The van der Waals surface area contributed by atoms with Crippen molar-refractivity contribution in [3.8, 4) is 0 Å². The van der Waals surface area contributed by atoms with Crippen molar-refractivity contribution in [1.82, 2.24) is 0 Å². The minimum atomic E-state index is -1.35. The molecule has 226 valence electrons. The summed E-state index contributed by atoms with van der Waals surface area (Å²) in [5.41, 5.74) is 11.1. The van der Waals surface area contributed by atoms with Crippen LogP contribution in [0.4, 0.5) is 22.7 Å². The Morgan fingerprint density at radius 2 is 1.02 bits per heavy atom. The summed E-state index contributed by atoms with van der Waals surface area (Å²) < 4.78 is 4.26. The van der Waals surface area contributed by atoms with E-state index in [4.69, 9.17) is 16.6 Å². The molecule has 0 atom stereocenters. The molecule has 2 aromatic carbocycles. The largest absolute Gasteiger partial charge is 0.478 e. The number of nitrogens with two attached hydrogens (primary N) is 2. The first kappa shape index (κ1) is 33.6. The van der Waals surface area contributed by atoms with E-state index in [0.29, 0.717) is 11.4 Å². The molecule has 3 aliphatic heterocycles. The minimum absolute atomic E-state index is 0.0116. The monoisotopic (exact) mass is 796 g/mol. The van der Waals surface area contributed by atoms with E-state index in [9.17, 15) is 43.5 Å². The number of esters is 2. The van der Waals surface area contributed by atoms with Crippen molar-refractivity contribution in [2.45, 2.75) is 0 Å². The molecule has 6 N–H and O–H groups in total. The van der Waals surface area contributed by atoms with Crippen molar-refractivity contribution >= 4 is 118 Å². The number of ether oxygens (including phenoxy) is 1. The second kappa shape index (κ2) is 13.6. The van der Waals surface area contributed by atoms with E-state index >= 15 is 0 Å². The van der Waals surface area contributed by atoms with Crippen molar-refractivity contribution < 1.29 is 53.3 Å². The Balaban J connectivity index is 0.000000227. The van der Waals surface area contributed by atoms with Gasteiger partial charge in [0.1, 0.15) is 4.48 Å². The Morgan fingerprint density at radius 3 is 1.30 bits per heavy atom. The number of hydrogen-bond donors (Lipinski definition) is 4. The molecule has 18 heteroatoms. The topological polar surface area (TPSA) is 245 Å². The van der Waals surface area contributed by atoms with E-state index in [-0.39, 0.29) is 35.9 Å². The highest BCUT2D eigenvalue weighted by molar-refractivity contribution is 9.12. The van der Waals surface area contributed by atoms with Gasteiger partial charge < -0.3 is 26.4 Å². The average Bonchev–Trinajstić information content (AvgIpc) is 3.47. The minimum Gasteiger partial charge on any atom is -0.478 e. The molecule has 15 nitrogen and oxygen atoms in total. The molecule has 0 saturated carbocycles. The summed E-state index contributed by atoms with van der Waals surface area (Å²) >= 11 is 8.69. The number of anilines is 4. The van der Waals surface area contributed by atoms with Gasteiger partial charge in [-0.25, -0.2) is 29.0 Å². The van der Waals surface area contributed by atoms with Gasteiger partial charge in [0.2, 0.25) is 0 Å². The molecule has 0 radical (unpaired) electrons. The smallest absolute Gasteiger partial charge is 0.353 e. The quantitative estimate of drug-likeness (QED) is 0.151. The lowest BCUT2D eigenvalue weighted by Crippen LogP contribution is -2.33. The second-order valence-corrected chi connectivity index (χ2v) is 10.9. The van der Waals surface area contributed by atoms with Gasteiger partial charge in [0.05, 0.1) is 31.5 Å². The summed E-state index contributed by atoms with van der Waals surface area (Å²) in [5.74, 6) is -6.32. The van der Waals surface area contributed by atoms with Crippen molar-refractivity contribution in [1.29, 1.82) is 0 Å². The first-order valence-corrected chi connectivity index (χ1v) is 13.8. The Hall–Kier alpha value is -4.94. The molecule has 0 aromatic heterocycles. The number of amides is 4. The van der Waals surface area contributed by atoms with Gasteiger partial charge in [-0.05, 0) is 84.2 Å². The van der Waals surface area contributed by atoms with Crippen LogP contribution in [0.5, 0.6) is 0 Å². The van der Waals surface area contributed by atoms with E-state index in [1.807, 2.05) is 0 Å². The van der Waals surface area contributed by atoms with Gasteiger partial charge in [-0.3, -0.25) is 19.2 Å². The number of cyclic esters (lactones) is 2. The molecule has 44 heavy (non-hydrogen) atoms. The van der Waals surface area contributed by atoms with Gasteiger partial charge in [0.15, 0.2) is 0 Å². The lowest BCUT2D eigenvalue weighted by atomic mass is 10.1. The molecule has 0 spiro atoms. The maximum absolute atomic E-state index is 12.1. The first-order chi connectivity index (χ1) is 20.5. The zero-order valence-electron chi connectivity index (χ0n) is 21.4. The Bertz CT molecular complexity index is 1700. The molecule has 0 fully saturated rings. The molecule has 3 aliphatic rings. The molecule has 5 rings (SSSR count). The highest BCUT2D eigenvalue weighted by Gasteiger charge is 2.35. The number of aromatic carboxylic acids is 2. The number of benzene rings is 2. The van der Waals surface area contributed by atoms with Crippen LogP contribution in [0.3, 0.4) is 0 Å². The van der Waals surface area contributed by atoms with E-state index in [1.54, 1.807) is 0 Å². The maximum Gasteiger partial charge on any atom is 0.353 e. The van der Waals surface area contributed by atoms with Crippen LogP contribution < -0.4 is 21.3 Å². The third-order valence-electron chi connectivity index (χ3n) is 5.28. The number of carboxylic acids is 2. The lowest BCUT2D eigenvalue weighted by molar-refractivity contribution is -0.150. The Morgan fingerprint density at radius 1 is 0.614 bits per heavy atom. The summed E-state index contributed by atoms with van der Waals surface area (Å²) in [6, 6.07) is 7.66. The van der Waals surface area contributed by atoms with Crippen molar-refractivity contribution in [2.75, 3.05) is 21.3 Å². The van der Waals surface area contributed by atoms with Gasteiger partial charge in [-0.15, -0.1) is 0 Å². The zero-order valence-corrected chi connectivity index (χ0v) is 26.2. The summed E-state index contributed by atoms with van der Waals surface area (Å²) in [6.07, 6.45) is 3.17. The third kappa shape index (κ3) is 7.71. The molecule has 2 aromatic rings. The molecule has 0 unspecified atom stereocenters. The lowest BCUT2D eigenvalue weighted by Gasteiger charge is -2.20. The third-order valence-corrected chi connectivity index (χ3v) is 6.97. The molecule has 0 bridgehead atoms. The van der Waals surface area contributed by atoms with Gasteiger partial charge in [-0.2, -0.15) is 0 Å². The maximum atomic E-state index is 12.1. The number of carbonyl (C=O) groups excluding carboxylic acids is 6. The Kier molecular flexibility index (Phi) is 10.4. The van der Waals surface area contributed by atoms with Crippen LogP contribution in [-0.4, -0.2) is 57.7 Å². The molecular weight excluding hydrogens is 784 g/mol. The number of imide groups is 2. The SMILES string of the molecule is Nc1cc(N)cc(C(=O)O)c1.O=C(O)c1cc(N2C(=O)C=C(Br)C2=O)cc(N2C(=O)C=C(Br)C2=O)c1.O=C1C=C(Br)C(=O)O1. The fourth-order valence-electron chi connectivity index (χ4n) is 3.48. The second-order valence-electron chi connectivity index (χ2n) is 8.38. The summed E-state index contributed by atoms with van der Waals surface area (Å²) in [7, 11) is 0. The number of carboxylic acid groups (broad SMARTS) is 2. The molecule has 4 amide bonds. The highest BCUT2D eigenvalue weighted by atomic mass is 79.9. The van der Waals surface area contributed by atoms with Crippen LogP contribution in [0, 0.1) is 0 Å². The van der Waals surface area contributed by atoms with Crippen LogP contribution in [0.25, 0.3) is 0 Å². The summed E-state index contributed by atoms with van der Waals surface area (Å²) in [6.45, 7) is 0. The van der Waals surface area contributed by atoms with Crippen LogP contribution in [0.1, 0.15) is 20.7 Å². The number of nitrogens with zero attached hydrogens (tertiary/aromatic N) is 2. The zero-order chi connectivity index (χ0) is 33.0. The van der Waals surface area contributed by atoms with E-state index in [0.717, 1.165) is 40.2 Å². The Labute approximate surface area is 270 Å². The van der Waals surface area contributed by atoms with E-state index in [1.165, 1.54) is 24.3 Å². The van der Waals surface area contributed by atoms with Crippen LogP contribution in [-0.2, 0) is 33.5 Å². The molecule has 3 heterocycles. The predicted octanol–water partition coefficient (Wildman–Crippen LogP) is 2.59. The van der Waals surface area contributed by atoms with Crippen LogP contribution in [0.2, 0.25) is 0 Å². The number of hydrogen-bond acceptors (Lipinski definition) is 11. The summed E-state index contributed by atoms with van der Waals surface area (Å²) in [5, 5.41) is 17.8. The average molecular weight is 799 g/mol.